The summed E-state index contributed by atoms with van der Waals surface area (Å²) in [5.74, 6) is 0. The van der Waals surface area contributed by atoms with Crippen molar-refractivity contribution in [1.82, 2.24) is 4.31 Å². The molecule has 0 saturated carbocycles. The van der Waals surface area contributed by atoms with Gasteiger partial charge >= 0.3 is 0 Å². The minimum atomic E-state index is -3.87. The van der Waals surface area contributed by atoms with E-state index in [1.165, 1.54) is 25.2 Å². The molecule has 0 radical (unpaired) electrons. The first-order valence-electron chi connectivity index (χ1n) is 5.56. The number of anilines is 1. The molecule has 0 aromatic heterocycles. The van der Waals surface area contributed by atoms with E-state index in [1.807, 2.05) is 6.07 Å². The molecule has 19 heavy (non-hydrogen) atoms. The van der Waals surface area contributed by atoms with Gasteiger partial charge in [-0.1, -0.05) is 0 Å². The number of likely N-dealkylation sites (N-methyl/N-ethyl adjacent to an activating group) is 1. The molecule has 1 rings (SSSR count). The fourth-order valence-electron chi connectivity index (χ4n) is 1.43. The number of rotatable bonds is 4. The van der Waals surface area contributed by atoms with E-state index in [0.717, 1.165) is 4.31 Å². The number of nitrogen functional groups attached to an aromatic ring is 1. The molecule has 0 aliphatic heterocycles. The maximum Gasteiger partial charge on any atom is 0.244 e. The van der Waals surface area contributed by atoms with Crippen LogP contribution < -0.4 is 5.73 Å². The zero-order valence-electron chi connectivity index (χ0n) is 11.1. The van der Waals surface area contributed by atoms with Crippen molar-refractivity contribution in [3.05, 3.63) is 23.8 Å². The average Bonchev–Trinajstić information content (AvgIpc) is 2.37. The molecule has 0 saturated heterocycles. The Morgan fingerprint density at radius 1 is 1.47 bits per heavy atom. The second kappa shape index (κ2) is 5.17. The largest absolute Gasteiger partial charge is 0.399 e. The van der Waals surface area contributed by atoms with Crippen molar-refractivity contribution in [2.24, 2.45) is 0 Å². The van der Waals surface area contributed by atoms with Gasteiger partial charge in [0.1, 0.15) is 11.0 Å². The van der Waals surface area contributed by atoms with E-state index in [2.05, 4.69) is 0 Å². The zero-order chi connectivity index (χ0) is 14.8. The summed E-state index contributed by atoms with van der Waals surface area (Å²) in [6.45, 7) is 2.85. The average molecular weight is 283 g/mol. The summed E-state index contributed by atoms with van der Waals surface area (Å²) < 4.78 is 26.0. The molecule has 0 atom stereocenters. The van der Waals surface area contributed by atoms with Gasteiger partial charge in [0.2, 0.25) is 10.0 Å². The van der Waals surface area contributed by atoms with Gasteiger partial charge in [-0.15, -0.1) is 0 Å². The number of aliphatic hydroxyl groups is 1. The summed E-state index contributed by atoms with van der Waals surface area (Å²) in [6.07, 6.45) is 0. The number of hydrogen-bond donors (Lipinski definition) is 2. The Balaban J connectivity index is 3.41. The molecule has 0 heterocycles. The van der Waals surface area contributed by atoms with Crippen molar-refractivity contribution in [1.29, 1.82) is 5.26 Å². The third-order valence-corrected chi connectivity index (χ3v) is 5.13. The van der Waals surface area contributed by atoms with Gasteiger partial charge in [0.05, 0.1) is 17.7 Å². The van der Waals surface area contributed by atoms with Crippen molar-refractivity contribution in [2.75, 3.05) is 19.4 Å². The van der Waals surface area contributed by atoms with Crippen LogP contribution in [0.3, 0.4) is 0 Å². The third-order valence-electron chi connectivity index (χ3n) is 3.00. The zero-order valence-corrected chi connectivity index (χ0v) is 11.9. The maximum absolute atomic E-state index is 12.5. The Kier molecular flexibility index (Phi) is 4.20. The van der Waals surface area contributed by atoms with Crippen molar-refractivity contribution in [3.63, 3.8) is 0 Å². The van der Waals surface area contributed by atoms with Crippen LogP contribution in [0.4, 0.5) is 5.69 Å². The number of nitrogens with two attached hydrogens (primary N) is 1. The first-order valence-corrected chi connectivity index (χ1v) is 7.00. The molecule has 6 nitrogen and oxygen atoms in total. The number of benzene rings is 1. The van der Waals surface area contributed by atoms with Gasteiger partial charge in [-0.05, 0) is 32.0 Å². The quantitative estimate of drug-likeness (QED) is 0.784. The SMILES string of the molecule is CN(C(C)(C)CO)S(=O)(=O)c1ccc(N)cc1C#N. The molecule has 0 fully saturated rings. The van der Waals surface area contributed by atoms with Crippen molar-refractivity contribution in [3.8, 4) is 6.07 Å². The van der Waals surface area contributed by atoms with Crippen LogP contribution in [0.1, 0.15) is 19.4 Å². The lowest BCUT2D eigenvalue weighted by Gasteiger charge is -2.32. The lowest BCUT2D eigenvalue weighted by molar-refractivity contribution is 0.138. The molecular formula is C12H17N3O3S. The lowest BCUT2D eigenvalue weighted by atomic mass is 10.1. The van der Waals surface area contributed by atoms with Crippen LogP contribution in [-0.4, -0.2) is 37.0 Å². The highest BCUT2D eigenvalue weighted by Crippen LogP contribution is 2.26. The van der Waals surface area contributed by atoms with Crippen LogP contribution in [0, 0.1) is 11.3 Å². The number of nitriles is 1. The Bertz CT molecular complexity index is 618. The minimum Gasteiger partial charge on any atom is -0.399 e. The first kappa shape index (κ1) is 15.4. The summed E-state index contributed by atoms with van der Waals surface area (Å²) in [7, 11) is -2.51. The van der Waals surface area contributed by atoms with Crippen molar-refractivity contribution < 1.29 is 13.5 Å². The highest BCUT2D eigenvalue weighted by atomic mass is 32.2. The molecule has 1 aromatic carbocycles. The first-order chi connectivity index (χ1) is 8.66. The van der Waals surface area contributed by atoms with E-state index in [4.69, 9.17) is 11.0 Å². The van der Waals surface area contributed by atoms with Crippen LogP contribution in [-0.2, 0) is 10.0 Å². The highest BCUT2D eigenvalue weighted by molar-refractivity contribution is 7.89. The molecule has 0 spiro atoms. The number of sulfonamides is 1. The van der Waals surface area contributed by atoms with Crippen LogP contribution in [0.2, 0.25) is 0 Å². The van der Waals surface area contributed by atoms with Crippen molar-refractivity contribution >= 4 is 15.7 Å². The van der Waals surface area contributed by atoms with Crippen LogP contribution >= 0.6 is 0 Å². The van der Waals surface area contributed by atoms with E-state index < -0.39 is 15.6 Å². The molecule has 3 N–H and O–H groups in total. The van der Waals surface area contributed by atoms with E-state index in [9.17, 15) is 13.5 Å². The monoisotopic (exact) mass is 283 g/mol. The molecule has 0 unspecified atom stereocenters. The third kappa shape index (κ3) is 2.87. The molecule has 0 amide bonds. The summed E-state index contributed by atoms with van der Waals surface area (Å²) in [6, 6.07) is 5.85. The van der Waals surface area contributed by atoms with Gasteiger partial charge in [0.25, 0.3) is 0 Å². The fourth-order valence-corrected chi connectivity index (χ4v) is 3.06. The van der Waals surface area contributed by atoms with Gasteiger partial charge < -0.3 is 10.8 Å². The molecule has 0 bridgehead atoms. The molecule has 7 heteroatoms. The number of aliphatic hydroxyl groups excluding tert-OH is 1. The molecule has 0 aliphatic rings. The van der Waals surface area contributed by atoms with Crippen molar-refractivity contribution in [2.45, 2.75) is 24.3 Å². The molecular weight excluding hydrogens is 266 g/mol. The highest BCUT2D eigenvalue weighted by Gasteiger charge is 2.34. The second-order valence-electron chi connectivity index (χ2n) is 4.81. The molecule has 104 valence electrons. The fraction of sp³-hybridized carbons (Fsp3) is 0.417. The Morgan fingerprint density at radius 2 is 2.05 bits per heavy atom. The summed E-state index contributed by atoms with van der Waals surface area (Å²) in [5, 5.41) is 18.3. The summed E-state index contributed by atoms with van der Waals surface area (Å²) in [5.41, 5.74) is 4.88. The Labute approximate surface area is 113 Å². The van der Waals surface area contributed by atoms with Gasteiger partial charge in [0, 0.05) is 12.7 Å². The standard InChI is InChI=1S/C12H17N3O3S/c1-12(2,8-16)15(3)19(17,18)11-5-4-10(14)6-9(11)7-13/h4-6,16H,8,14H2,1-3H3. The molecule has 1 aromatic rings. The van der Waals surface area contributed by atoms with Gasteiger partial charge in [-0.2, -0.15) is 9.57 Å². The summed E-state index contributed by atoms with van der Waals surface area (Å²) in [4.78, 5) is -0.117. The normalized spacial score (nSPS) is 12.4. The van der Waals surface area contributed by atoms with E-state index >= 15 is 0 Å². The smallest absolute Gasteiger partial charge is 0.244 e. The van der Waals surface area contributed by atoms with Gasteiger partial charge in [-0.25, -0.2) is 8.42 Å². The second-order valence-corrected chi connectivity index (χ2v) is 6.75. The molecule has 0 aliphatic carbocycles. The number of nitrogens with zero attached hydrogens (tertiary/aromatic N) is 2. The van der Waals surface area contributed by atoms with Crippen LogP contribution in [0.5, 0.6) is 0 Å². The van der Waals surface area contributed by atoms with Crippen LogP contribution in [0.15, 0.2) is 23.1 Å². The minimum absolute atomic E-state index is 0.0133. The van der Waals surface area contributed by atoms with Crippen LogP contribution in [0.25, 0.3) is 0 Å². The lowest BCUT2D eigenvalue weighted by Crippen LogP contribution is -2.47. The summed E-state index contributed by atoms with van der Waals surface area (Å²) >= 11 is 0. The number of hydrogen-bond acceptors (Lipinski definition) is 5. The maximum atomic E-state index is 12.5. The van der Waals surface area contributed by atoms with E-state index in [0.29, 0.717) is 5.69 Å². The Hall–Kier alpha value is -1.62. The Morgan fingerprint density at radius 3 is 2.53 bits per heavy atom. The van der Waals surface area contributed by atoms with Gasteiger partial charge in [0.15, 0.2) is 0 Å². The predicted octanol–water partition coefficient (Wildman–Crippen LogP) is 0.532. The van der Waals surface area contributed by atoms with E-state index in [-0.39, 0.29) is 17.1 Å². The van der Waals surface area contributed by atoms with E-state index in [1.54, 1.807) is 13.8 Å². The predicted molar refractivity (Wildman–Crippen MR) is 71.7 cm³/mol. The van der Waals surface area contributed by atoms with Gasteiger partial charge in [-0.3, -0.25) is 0 Å². The topological polar surface area (TPSA) is 107 Å².